The number of aliphatic hydroxyl groups is 1. The molecule has 0 radical (unpaired) electrons. The number of hydrogen-bond acceptors (Lipinski definition) is 8. The Bertz CT molecular complexity index is 2030. The molecule has 1 unspecified atom stereocenters. The van der Waals surface area contributed by atoms with Gasteiger partial charge in [0.25, 0.3) is 5.91 Å². The summed E-state index contributed by atoms with van der Waals surface area (Å²) in [4.78, 5) is 26.1. The molecular weight excluding hydrogens is 606 g/mol. The Labute approximate surface area is 279 Å². The number of nitrogens with one attached hydrogen (secondary N) is 1. The zero-order valence-corrected chi connectivity index (χ0v) is 27.9. The van der Waals surface area contributed by atoms with E-state index in [2.05, 4.69) is 22.0 Å². The summed E-state index contributed by atoms with van der Waals surface area (Å²) in [5.41, 5.74) is 12.7. The highest BCUT2D eigenvalue weighted by Gasteiger charge is 2.47. The molecule has 4 aromatic heterocycles. The zero-order chi connectivity index (χ0) is 33.3. The molecule has 6 heterocycles. The average Bonchev–Trinajstić information content (AvgIpc) is 3.42. The average molecular weight is 650 g/mol. The quantitative estimate of drug-likeness (QED) is 0.178. The standard InChI is InChI=1S/C37H43N7O4/c1-20(39-36(45)26-7-5-6-8-31(26)47-3)28-13-11-23-15-30(42(35(23)40-28)19-22-9-10-22)34-21(2)43-32(41-34)16-24(17-33(43)48-4)37(46)44-25-12-14-29(44)27(38)18-25/h5-8,11,13,15-17,20,22,25,27,29,36,39,45H,9-10,12,14,18-19,38H2,1-4H3/t20-,25+,27-,29-,36?/m1/s1. The molecule has 3 aliphatic rings. The van der Waals surface area contributed by atoms with Gasteiger partial charge in [-0.2, -0.15) is 0 Å². The Balaban J connectivity index is 1.16. The van der Waals surface area contributed by atoms with Crippen LogP contribution in [0.15, 0.2) is 54.6 Å². The maximum absolute atomic E-state index is 13.8. The van der Waals surface area contributed by atoms with E-state index in [-0.39, 0.29) is 30.1 Å². The van der Waals surface area contributed by atoms with Crippen molar-refractivity contribution in [2.75, 3.05) is 14.2 Å². The summed E-state index contributed by atoms with van der Waals surface area (Å²) in [5.74, 6) is 1.78. The van der Waals surface area contributed by atoms with Gasteiger partial charge in [0, 0.05) is 53.3 Å². The van der Waals surface area contributed by atoms with Crippen molar-refractivity contribution in [2.45, 2.75) is 82.9 Å². The lowest BCUT2D eigenvalue weighted by Crippen LogP contribution is -2.40. The van der Waals surface area contributed by atoms with Gasteiger partial charge < -0.3 is 29.8 Å². The summed E-state index contributed by atoms with van der Waals surface area (Å²) in [6, 6.07) is 17.5. The van der Waals surface area contributed by atoms with Crippen LogP contribution in [0.5, 0.6) is 11.6 Å². The monoisotopic (exact) mass is 649 g/mol. The fraction of sp³-hybridized carbons (Fsp3) is 0.432. The van der Waals surface area contributed by atoms with Crippen LogP contribution in [-0.2, 0) is 6.54 Å². The third-order valence-corrected chi connectivity index (χ3v) is 10.6. The van der Waals surface area contributed by atoms with Crippen molar-refractivity contribution in [1.82, 2.24) is 29.2 Å². The van der Waals surface area contributed by atoms with Crippen molar-refractivity contribution in [3.05, 3.63) is 77.1 Å². The Hall–Kier alpha value is -4.45. The van der Waals surface area contributed by atoms with Crippen molar-refractivity contribution in [1.29, 1.82) is 0 Å². The highest BCUT2D eigenvalue weighted by Crippen LogP contribution is 2.40. The van der Waals surface area contributed by atoms with Gasteiger partial charge in [0.2, 0.25) is 0 Å². The van der Waals surface area contributed by atoms with E-state index in [4.69, 9.17) is 25.2 Å². The maximum atomic E-state index is 13.8. The van der Waals surface area contributed by atoms with Gasteiger partial charge in [0.1, 0.15) is 29.0 Å². The predicted octanol–water partition coefficient (Wildman–Crippen LogP) is 5.13. The summed E-state index contributed by atoms with van der Waals surface area (Å²) in [7, 11) is 3.23. The normalized spacial score (nSPS) is 21.7. The molecule has 2 bridgehead atoms. The van der Waals surface area contributed by atoms with Gasteiger partial charge in [-0.05, 0) is 82.2 Å². The fourth-order valence-corrected chi connectivity index (χ4v) is 7.92. The van der Waals surface area contributed by atoms with E-state index < -0.39 is 6.23 Å². The molecule has 11 nitrogen and oxygen atoms in total. The number of carbonyl (C=O) groups excluding carboxylic acids is 1. The topological polar surface area (TPSA) is 132 Å². The van der Waals surface area contributed by atoms with Crippen molar-refractivity contribution in [3.8, 4) is 23.0 Å². The van der Waals surface area contributed by atoms with Gasteiger partial charge in [0.05, 0.1) is 31.3 Å². The van der Waals surface area contributed by atoms with E-state index >= 15 is 0 Å². The zero-order valence-electron chi connectivity index (χ0n) is 27.9. The first-order chi connectivity index (χ1) is 23.2. The molecule has 0 spiro atoms. The van der Waals surface area contributed by atoms with E-state index in [0.29, 0.717) is 34.3 Å². The van der Waals surface area contributed by atoms with Gasteiger partial charge in [-0.25, -0.2) is 9.97 Å². The van der Waals surface area contributed by atoms with E-state index in [0.717, 1.165) is 59.6 Å². The molecule has 4 N–H and O–H groups in total. The van der Waals surface area contributed by atoms with Crippen LogP contribution in [0.25, 0.3) is 28.1 Å². The number of benzene rings is 1. The van der Waals surface area contributed by atoms with Crippen LogP contribution in [0.3, 0.4) is 0 Å². The van der Waals surface area contributed by atoms with Gasteiger partial charge in [-0.1, -0.05) is 18.2 Å². The second-order valence-corrected chi connectivity index (χ2v) is 13.7. The number of aromatic nitrogens is 4. The predicted molar refractivity (Wildman–Crippen MR) is 183 cm³/mol. The number of methoxy groups -OCH3 is 2. The highest BCUT2D eigenvalue weighted by molar-refractivity contribution is 5.96. The minimum Gasteiger partial charge on any atom is -0.496 e. The fourth-order valence-electron chi connectivity index (χ4n) is 7.92. The number of amides is 1. The third kappa shape index (κ3) is 5.12. The Morgan fingerprint density at radius 3 is 2.58 bits per heavy atom. The second kappa shape index (κ2) is 11.9. The number of para-hydroxylation sites is 1. The number of ether oxygens (including phenoxy) is 2. The van der Waals surface area contributed by atoms with Gasteiger partial charge in [0.15, 0.2) is 5.88 Å². The first-order valence-corrected chi connectivity index (χ1v) is 17.0. The van der Waals surface area contributed by atoms with Crippen LogP contribution in [0.2, 0.25) is 0 Å². The second-order valence-electron chi connectivity index (χ2n) is 13.7. The van der Waals surface area contributed by atoms with Gasteiger partial charge in [-0.3, -0.25) is 14.5 Å². The number of fused-ring (bicyclic) bond motifs is 4. The van der Waals surface area contributed by atoms with Gasteiger partial charge in [-0.15, -0.1) is 0 Å². The smallest absolute Gasteiger partial charge is 0.254 e. The Morgan fingerprint density at radius 1 is 1.06 bits per heavy atom. The number of pyridine rings is 2. The van der Waals surface area contributed by atoms with Crippen molar-refractivity contribution in [3.63, 3.8) is 0 Å². The molecule has 8 rings (SSSR count). The number of imidazole rings is 1. The molecule has 1 aromatic carbocycles. The summed E-state index contributed by atoms with van der Waals surface area (Å²) in [6.07, 6.45) is 4.28. The molecule has 1 amide bonds. The minimum atomic E-state index is -0.924. The van der Waals surface area contributed by atoms with E-state index in [1.54, 1.807) is 14.2 Å². The first-order valence-electron chi connectivity index (χ1n) is 17.0. The number of rotatable bonds is 10. The third-order valence-electron chi connectivity index (χ3n) is 10.6. The number of hydrogen-bond donors (Lipinski definition) is 3. The van der Waals surface area contributed by atoms with Crippen LogP contribution >= 0.6 is 0 Å². The molecule has 5 aromatic rings. The van der Waals surface area contributed by atoms with E-state index in [1.165, 1.54) is 12.8 Å². The van der Waals surface area contributed by atoms with Crippen LogP contribution in [0.1, 0.15) is 78.6 Å². The van der Waals surface area contributed by atoms with Crippen LogP contribution in [0.4, 0.5) is 0 Å². The minimum absolute atomic E-state index is 0.00316. The van der Waals surface area contributed by atoms with Crippen molar-refractivity contribution in [2.24, 2.45) is 11.7 Å². The largest absolute Gasteiger partial charge is 0.496 e. The molecule has 5 atom stereocenters. The lowest BCUT2D eigenvalue weighted by Gasteiger charge is -2.23. The number of nitrogens with two attached hydrogens (primary N) is 1. The summed E-state index contributed by atoms with van der Waals surface area (Å²) in [5, 5.41) is 15.3. The molecule has 250 valence electrons. The van der Waals surface area contributed by atoms with E-state index in [9.17, 15) is 9.90 Å². The molecule has 2 aliphatic heterocycles. The number of aryl methyl sites for hydroxylation is 1. The van der Waals surface area contributed by atoms with E-state index in [1.807, 2.05) is 65.6 Å². The van der Waals surface area contributed by atoms with Gasteiger partial charge >= 0.3 is 0 Å². The molecule has 1 saturated carbocycles. The molecule has 48 heavy (non-hydrogen) atoms. The molecule has 3 fully saturated rings. The SMILES string of the molecule is COc1ccccc1C(O)N[C@H](C)c1ccc2cc(-c3nc4cc(C(=O)N5[C@H]6CC[C@@H]5[C@H](N)C6)cc(OC)n4c3C)n(CC3CC3)c2n1. The van der Waals surface area contributed by atoms with Crippen molar-refractivity contribution < 1.29 is 19.4 Å². The maximum Gasteiger partial charge on any atom is 0.254 e. The first kappa shape index (κ1) is 30.9. The molecule has 11 heteroatoms. The number of nitrogens with zero attached hydrogens (tertiary/aromatic N) is 5. The lowest BCUT2D eigenvalue weighted by molar-refractivity contribution is 0.0726. The summed E-state index contributed by atoms with van der Waals surface area (Å²) >= 11 is 0. The van der Waals surface area contributed by atoms with Crippen LogP contribution < -0.4 is 20.5 Å². The van der Waals surface area contributed by atoms with Crippen LogP contribution in [0, 0.1) is 12.8 Å². The number of carbonyl (C=O) groups is 1. The molecular formula is C37H43N7O4. The summed E-state index contributed by atoms with van der Waals surface area (Å²) in [6.45, 7) is 4.88. The molecule has 1 aliphatic carbocycles. The van der Waals surface area contributed by atoms with Crippen LogP contribution in [-0.4, -0.2) is 67.2 Å². The number of aliphatic hydroxyl groups excluding tert-OH is 1. The lowest BCUT2D eigenvalue weighted by atomic mass is 9.97. The highest BCUT2D eigenvalue weighted by atomic mass is 16.5. The van der Waals surface area contributed by atoms with Crippen molar-refractivity contribution >= 4 is 22.6 Å². The Morgan fingerprint density at radius 2 is 1.88 bits per heavy atom. The summed E-state index contributed by atoms with van der Waals surface area (Å²) < 4.78 is 15.6. The molecule has 2 saturated heterocycles. The Kier molecular flexibility index (Phi) is 7.65.